The molecular formula is C65H126O17P2. The van der Waals surface area contributed by atoms with Crippen LogP contribution in [0.5, 0.6) is 0 Å². The van der Waals surface area contributed by atoms with Crippen molar-refractivity contribution in [2.45, 2.75) is 331 Å². The summed E-state index contributed by atoms with van der Waals surface area (Å²) < 4.78 is 68.0. The molecular weight excluding hydrogens is 1110 g/mol. The van der Waals surface area contributed by atoms with Crippen LogP contribution in [0.4, 0.5) is 0 Å². The predicted molar refractivity (Wildman–Crippen MR) is 335 cm³/mol. The quantitative estimate of drug-likeness (QED) is 0.0222. The van der Waals surface area contributed by atoms with Crippen LogP contribution in [0.1, 0.15) is 312 Å². The second-order valence-corrected chi connectivity index (χ2v) is 28.1. The minimum Gasteiger partial charge on any atom is -0.462 e. The first-order chi connectivity index (χ1) is 40.1. The molecule has 0 aliphatic rings. The van der Waals surface area contributed by atoms with Gasteiger partial charge in [-0.3, -0.25) is 37.3 Å². The highest BCUT2D eigenvalue weighted by Gasteiger charge is 2.30. The molecule has 498 valence electrons. The standard InChI is InChI=1S/C65H126O17P2/c1-9-58(8)44-36-28-22-24-32-40-48-65(70)82-61(52-75-62(67)45-37-29-19-14-12-10-11-13-17-25-33-41-55(2)3)54-80-84(73,74)78-50-59(66)49-77-83(71,72)79-53-60(81-64(69)47-39-31-23-21-27-35-43-57(6)7)51-76-63(68)46-38-30-20-16-15-18-26-34-42-56(4)5/h55-61,66H,9-54H2,1-8H3,(H,71,72)(H,73,74)/t58?,59?,60-,61-/m1/s1. The number of hydrogen-bond donors (Lipinski definition) is 3. The maximum Gasteiger partial charge on any atom is 0.472 e. The Morgan fingerprint density at radius 2 is 0.571 bits per heavy atom. The monoisotopic (exact) mass is 1240 g/mol. The Labute approximate surface area is 511 Å². The number of carbonyl (C=O) groups excluding carboxylic acids is 4. The topological polar surface area (TPSA) is 237 Å². The van der Waals surface area contributed by atoms with Crippen LogP contribution < -0.4 is 0 Å². The first kappa shape index (κ1) is 82.1. The van der Waals surface area contributed by atoms with E-state index in [9.17, 15) is 43.2 Å². The Hall–Kier alpha value is -1.94. The third-order valence-electron chi connectivity index (χ3n) is 15.2. The molecule has 4 unspecified atom stereocenters. The number of carbonyl (C=O) groups is 4. The van der Waals surface area contributed by atoms with Gasteiger partial charge in [-0.05, 0) is 49.4 Å². The van der Waals surface area contributed by atoms with Gasteiger partial charge in [0, 0.05) is 25.7 Å². The van der Waals surface area contributed by atoms with Crippen LogP contribution in [-0.4, -0.2) is 96.7 Å². The van der Waals surface area contributed by atoms with E-state index < -0.39 is 97.5 Å². The van der Waals surface area contributed by atoms with Crippen LogP contribution >= 0.6 is 15.6 Å². The van der Waals surface area contributed by atoms with E-state index in [1.807, 2.05) is 0 Å². The molecule has 19 heteroatoms. The normalized spacial score (nSPS) is 14.7. The summed E-state index contributed by atoms with van der Waals surface area (Å²) in [6.45, 7) is 13.9. The number of hydrogen-bond acceptors (Lipinski definition) is 15. The van der Waals surface area contributed by atoms with E-state index in [0.29, 0.717) is 31.6 Å². The van der Waals surface area contributed by atoms with E-state index >= 15 is 0 Å². The van der Waals surface area contributed by atoms with Crippen LogP contribution in [0.25, 0.3) is 0 Å². The van der Waals surface area contributed by atoms with Crippen molar-refractivity contribution in [3.8, 4) is 0 Å². The number of aliphatic hydroxyl groups excluding tert-OH is 1. The Balaban J connectivity index is 5.23. The lowest BCUT2D eigenvalue weighted by molar-refractivity contribution is -0.161. The van der Waals surface area contributed by atoms with E-state index in [-0.39, 0.29) is 25.7 Å². The van der Waals surface area contributed by atoms with Gasteiger partial charge in [-0.15, -0.1) is 0 Å². The number of phosphoric acid groups is 2. The molecule has 0 saturated heterocycles. The molecule has 3 N–H and O–H groups in total. The molecule has 0 fully saturated rings. The van der Waals surface area contributed by atoms with Crippen LogP contribution in [0, 0.1) is 23.7 Å². The van der Waals surface area contributed by atoms with Crippen molar-refractivity contribution in [1.29, 1.82) is 0 Å². The number of unbranched alkanes of at least 4 members (excludes halogenated alkanes) is 27. The van der Waals surface area contributed by atoms with Crippen molar-refractivity contribution in [2.75, 3.05) is 39.6 Å². The molecule has 0 aromatic heterocycles. The summed E-state index contributed by atoms with van der Waals surface area (Å²) >= 11 is 0. The minimum atomic E-state index is -4.95. The van der Waals surface area contributed by atoms with Crippen molar-refractivity contribution in [2.24, 2.45) is 23.7 Å². The zero-order valence-electron chi connectivity index (χ0n) is 54.5. The number of esters is 4. The van der Waals surface area contributed by atoms with Crippen LogP contribution in [0.15, 0.2) is 0 Å². The molecule has 17 nitrogen and oxygen atoms in total. The van der Waals surface area contributed by atoms with Gasteiger partial charge in [0.15, 0.2) is 12.2 Å². The number of phosphoric ester groups is 2. The molecule has 0 heterocycles. The first-order valence-electron chi connectivity index (χ1n) is 33.7. The maximum absolute atomic E-state index is 13.0. The van der Waals surface area contributed by atoms with E-state index in [1.165, 1.54) is 116 Å². The summed E-state index contributed by atoms with van der Waals surface area (Å²) in [7, 11) is -9.89. The van der Waals surface area contributed by atoms with Gasteiger partial charge < -0.3 is 33.8 Å². The van der Waals surface area contributed by atoms with Crippen LogP contribution in [0.2, 0.25) is 0 Å². The highest BCUT2D eigenvalue weighted by molar-refractivity contribution is 7.47. The number of ether oxygens (including phenoxy) is 4. The molecule has 0 spiro atoms. The number of rotatable bonds is 62. The largest absolute Gasteiger partial charge is 0.472 e. The molecule has 6 atom stereocenters. The Bertz CT molecular complexity index is 1680. The zero-order valence-corrected chi connectivity index (χ0v) is 56.3. The fourth-order valence-corrected chi connectivity index (χ4v) is 11.2. The first-order valence-corrected chi connectivity index (χ1v) is 36.7. The maximum atomic E-state index is 13.0. The summed E-state index contributed by atoms with van der Waals surface area (Å²) in [5.41, 5.74) is 0. The smallest absolute Gasteiger partial charge is 0.462 e. The molecule has 0 aliphatic carbocycles. The van der Waals surface area contributed by atoms with E-state index in [0.717, 1.165) is 108 Å². The molecule has 0 rings (SSSR count). The summed E-state index contributed by atoms with van der Waals surface area (Å²) in [6, 6.07) is 0. The lowest BCUT2D eigenvalue weighted by Crippen LogP contribution is -2.30. The molecule has 0 aliphatic heterocycles. The van der Waals surface area contributed by atoms with Gasteiger partial charge in [-0.2, -0.15) is 0 Å². The van der Waals surface area contributed by atoms with E-state index in [2.05, 4.69) is 55.4 Å². The van der Waals surface area contributed by atoms with E-state index in [1.54, 1.807) is 0 Å². The third kappa shape index (κ3) is 57.8. The highest BCUT2D eigenvalue weighted by Crippen LogP contribution is 2.45. The lowest BCUT2D eigenvalue weighted by atomic mass is 10.00. The Kier molecular flexibility index (Phi) is 53.9. The molecule has 0 bridgehead atoms. The van der Waals surface area contributed by atoms with Gasteiger partial charge in [0.1, 0.15) is 19.3 Å². The van der Waals surface area contributed by atoms with Crippen molar-refractivity contribution in [3.63, 3.8) is 0 Å². The van der Waals surface area contributed by atoms with Crippen molar-refractivity contribution < 1.29 is 80.2 Å². The minimum absolute atomic E-state index is 0.101. The zero-order chi connectivity index (χ0) is 62.5. The van der Waals surface area contributed by atoms with Crippen molar-refractivity contribution >= 4 is 39.5 Å². The van der Waals surface area contributed by atoms with Gasteiger partial charge in [-0.25, -0.2) is 9.13 Å². The molecule has 84 heavy (non-hydrogen) atoms. The number of aliphatic hydroxyl groups is 1. The Morgan fingerprint density at radius 1 is 0.333 bits per heavy atom. The van der Waals surface area contributed by atoms with Crippen molar-refractivity contribution in [1.82, 2.24) is 0 Å². The second-order valence-electron chi connectivity index (χ2n) is 25.2. The molecule has 0 amide bonds. The average Bonchev–Trinajstić information content (AvgIpc) is 3.58. The summed E-state index contributed by atoms with van der Waals surface area (Å²) in [4.78, 5) is 72.2. The average molecular weight is 1240 g/mol. The second kappa shape index (κ2) is 55.2. The van der Waals surface area contributed by atoms with Gasteiger partial charge in [-0.1, -0.05) is 261 Å². The summed E-state index contributed by atoms with van der Waals surface area (Å²) in [5, 5.41) is 10.5. The molecule has 0 aromatic rings. The molecule has 0 radical (unpaired) electrons. The fourth-order valence-electron chi connectivity index (χ4n) is 9.57. The molecule has 0 aromatic carbocycles. The fraction of sp³-hybridized carbons (Fsp3) is 0.938. The highest BCUT2D eigenvalue weighted by atomic mass is 31.2. The molecule has 0 saturated carbocycles. The van der Waals surface area contributed by atoms with Gasteiger partial charge in [0.05, 0.1) is 26.4 Å². The lowest BCUT2D eigenvalue weighted by Gasteiger charge is -2.21. The summed E-state index contributed by atoms with van der Waals surface area (Å²) in [6.07, 6.45) is 35.1. The van der Waals surface area contributed by atoms with Crippen LogP contribution in [-0.2, 0) is 65.4 Å². The van der Waals surface area contributed by atoms with E-state index in [4.69, 9.17) is 37.0 Å². The van der Waals surface area contributed by atoms with Crippen LogP contribution in [0.3, 0.4) is 0 Å². The summed E-state index contributed by atoms with van der Waals surface area (Å²) in [5.74, 6) is 0.744. The van der Waals surface area contributed by atoms with Crippen molar-refractivity contribution in [3.05, 3.63) is 0 Å². The van der Waals surface area contributed by atoms with Gasteiger partial charge in [0.2, 0.25) is 0 Å². The SMILES string of the molecule is CCC(C)CCCCCCCCC(=O)O[C@H](COC(=O)CCCCCCCCCCCCCC(C)C)COP(=O)(O)OCC(O)COP(=O)(O)OC[C@@H](COC(=O)CCCCCCCCCCC(C)C)OC(=O)CCCCCCCCC(C)C. The van der Waals surface area contributed by atoms with Gasteiger partial charge >= 0.3 is 39.5 Å². The predicted octanol–water partition coefficient (Wildman–Crippen LogP) is 17.8. The third-order valence-corrected chi connectivity index (χ3v) is 17.1. The van der Waals surface area contributed by atoms with Gasteiger partial charge in [0.25, 0.3) is 0 Å². The Morgan fingerprint density at radius 3 is 0.845 bits per heavy atom.